The number of ether oxygens (including phenoxy) is 2. The van der Waals surface area contributed by atoms with Gasteiger partial charge in [0.25, 0.3) is 0 Å². The third-order valence-electron chi connectivity index (χ3n) is 5.55. The van der Waals surface area contributed by atoms with Crippen molar-refractivity contribution >= 4 is 35.1 Å². The number of methoxy groups -OCH3 is 1. The Morgan fingerprint density at radius 1 is 1.22 bits per heavy atom. The van der Waals surface area contributed by atoms with Gasteiger partial charge in [-0.3, -0.25) is 9.59 Å². The van der Waals surface area contributed by atoms with Crippen LogP contribution >= 0.6 is 11.8 Å². The van der Waals surface area contributed by atoms with Gasteiger partial charge in [-0.15, -0.1) is 0 Å². The molecule has 0 aromatic heterocycles. The van der Waals surface area contributed by atoms with Crippen molar-refractivity contribution in [3.63, 3.8) is 0 Å². The maximum absolute atomic E-state index is 13.0. The lowest BCUT2D eigenvalue weighted by Gasteiger charge is -2.30. The van der Waals surface area contributed by atoms with E-state index in [2.05, 4.69) is 23.3 Å². The van der Waals surface area contributed by atoms with Crippen LogP contribution in [-0.4, -0.2) is 37.1 Å². The van der Waals surface area contributed by atoms with Gasteiger partial charge in [0.05, 0.1) is 41.0 Å². The average molecular weight is 518 g/mol. The van der Waals surface area contributed by atoms with Gasteiger partial charge in [-0.1, -0.05) is 54.7 Å². The summed E-state index contributed by atoms with van der Waals surface area (Å²) in [5.41, 5.74) is 2.65. The van der Waals surface area contributed by atoms with Crippen LogP contribution in [0.2, 0.25) is 0 Å². The number of para-hydroxylation sites is 1. The number of rotatable bonds is 10. The lowest BCUT2D eigenvalue weighted by Crippen LogP contribution is -2.29. The Bertz CT molecular complexity index is 1340. The molecule has 1 aliphatic rings. The Balaban J connectivity index is 1.92. The monoisotopic (exact) mass is 517 g/mol. The van der Waals surface area contributed by atoms with E-state index in [0.29, 0.717) is 33.3 Å². The first-order valence-corrected chi connectivity index (χ1v) is 12.4. The van der Waals surface area contributed by atoms with Crippen LogP contribution in [0.5, 0.6) is 5.75 Å². The molecule has 8 nitrogen and oxygen atoms in total. The highest BCUT2D eigenvalue weighted by molar-refractivity contribution is 8.03. The van der Waals surface area contributed by atoms with Crippen LogP contribution in [0, 0.1) is 11.3 Å². The summed E-state index contributed by atoms with van der Waals surface area (Å²) in [5, 5.41) is 16.5. The van der Waals surface area contributed by atoms with Crippen LogP contribution < -0.4 is 15.4 Å². The van der Waals surface area contributed by atoms with Crippen LogP contribution in [0.3, 0.4) is 0 Å². The predicted molar refractivity (Wildman–Crippen MR) is 143 cm³/mol. The number of dihydropyridines is 1. The lowest BCUT2D eigenvalue weighted by atomic mass is 9.82. The first kappa shape index (κ1) is 27.3. The van der Waals surface area contributed by atoms with Crippen LogP contribution in [0.25, 0.3) is 0 Å². The maximum Gasteiger partial charge on any atom is 0.337 e. The van der Waals surface area contributed by atoms with Crippen molar-refractivity contribution in [1.29, 1.82) is 5.26 Å². The number of esters is 1. The molecule has 0 saturated carbocycles. The summed E-state index contributed by atoms with van der Waals surface area (Å²) in [4.78, 5) is 37.3. The van der Waals surface area contributed by atoms with E-state index in [0.717, 1.165) is 11.8 Å². The van der Waals surface area contributed by atoms with Crippen molar-refractivity contribution in [3.05, 3.63) is 94.2 Å². The highest BCUT2D eigenvalue weighted by atomic mass is 32.2. The number of allylic oxidation sites excluding steroid dienone is 2. The molecule has 0 radical (unpaired) electrons. The van der Waals surface area contributed by atoms with E-state index >= 15 is 0 Å². The minimum atomic E-state index is -0.766. The standard InChI is InChI=1S/C28H27N3O5S/c1-5-13-36-28(34)25-17(2)30-27(22(15-29)26(25)21-11-6-7-12-23(21)35-4)37-16-24(33)31-20-10-8-9-19(14-20)18(3)32/h5-12,14,26,30H,1,13,16H2,2-4H3,(H,31,33). The predicted octanol–water partition coefficient (Wildman–Crippen LogP) is 4.69. The molecule has 0 saturated heterocycles. The minimum Gasteiger partial charge on any atom is -0.496 e. The highest BCUT2D eigenvalue weighted by Gasteiger charge is 2.37. The first-order chi connectivity index (χ1) is 17.8. The molecule has 2 aromatic carbocycles. The van der Waals surface area contributed by atoms with Gasteiger partial charge < -0.3 is 20.1 Å². The molecule has 190 valence electrons. The highest BCUT2D eigenvalue weighted by Crippen LogP contribution is 2.43. The summed E-state index contributed by atoms with van der Waals surface area (Å²) >= 11 is 1.14. The van der Waals surface area contributed by atoms with E-state index in [1.165, 1.54) is 20.1 Å². The Morgan fingerprint density at radius 2 is 1.97 bits per heavy atom. The molecule has 3 rings (SSSR count). The number of ketones is 1. The second-order valence-corrected chi connectivity index (χ2v) is 9.04. The van der Waals surface area contributed by atoms with Gasteiger partial charge >= 0.3 is 5.97 Å². The number of nitriles is 1. The number of thioether (sulfide) groups is 1. The zero-order valence-corrected chi connectivity index (χ0v) is 21.6. The van der Waals surface area contributed by atoms with Gasteiger partial charge in [-0.05, 0) is 32.0 Å². The van der Waals surface area contributed by atoms with Crippen molar-refractivity contribution in [2.45, 2.75) is 19.8 Å². The smallest absolute Gasteiger partial charge is 0.337 e. The van der Waals surface area contributed by atoms with Crippen molar-refractivity contribution < 1.29 is 23.9 Å². The molecule has 1 amide bonds. The van der Waals surface area contributed by atoms with Crippen molar-refractivity contribution in [3.8, 4) is 11.8 Å². The summed E-state index contributed by atoms with van der Waals surface area (Å²) in [5.74, 6) is -1.27. The molecule has 1 atom stereocenters. The van der Waals surface area contributed by atoms with E-state index < -0.39 is 11.9 Å². The van der Waals surface area contributed by atoms with Gasteiger partial charge in [-0.25, -0.2) is 4.79 Å². The second kappa shape index (κ2) is 12.6. The topological polar surface area (TPSA) is 118 Å². The van der Waals surface area contributed by atoms with E-state index in [1.54, 1.807) is 55.5 Å². The van der Waals surface area contributed by atoms with Crippen LogP contribution in [-0.2, 0) is 14.3 Å². The molecule has 2 aromatic rings. The molecule has 1 aliphatic heterocycles. The summed E-state index contributed by atoms with van der Waals surface area (Å²) in [6, 6.07) is 16.0. The maximum atomic E-state index is 13.0. The number of carbonyl (C=O) groups excluding carboxylic acids is 3. The van der Waals surface area contributed by atoms with Crippen LogP contribution in [0.1, 0.15) is 35.7 Å². The minimum absolute atomic E-state index is 0.0139. The average Bonchev–Trinajstić information content (AvgIpc) is 2.90. The number of nitrogens with one attached hydrogen (secondary N) is 2. The Morgan fingerprint density at radius 3 is 2.65 bits per heavy atom. The summed E-state index contributed by atoms with van der Waals surface area (Å²) in [7, 11) is 1.52. The first-order valence-electron chi connectivity index (χ1n) is 11.4. The normalized spacial score (nSPS) is 14.8. The molecular formula is C28H27N3O5S. The van der Waals surface area contributed by atoms with E-state index in [-0.39, 0.29) is 35.2 Å². The molecule has 0 spiro atoms. The zero-order chi connectivity index (χ0) is 26.9. The number of nitrogens with zero attached hydrogens (tertiary/aromatic N) is 1. The molecule has 9 heteroatoms. The number of anilines is 1. The van der Waals surface area contributed by atoms with Crippen LogP contribution in [0.15, 0.2) is 83.1 Å². The van der Waals surface area contributed by atoms with Crippen molar-refractivity contribution in [1.82, 2.24) is 5.32 Å². The zero-order valence-electron chi connectivity index (χ0n) is 20.8. The third kappa shape index (κ3) is 6.48. The van der Waals surface area contributed by atoms with Gasteiger partial charge in [0.2, 0.25) is 5.91 Å². The van der Waals surface area contributed by atoms with Gasteiger partial charge in [0.15, 0.2) is 5.78 Å². The van der Waals surface area contributed by atoms with Gasteiger partial charge in [0.1, 0.15) is 12.4 Å². The fourth-order valence-corrected chi connectivity index (χ4v) is 4.77. The van der Waals surface area contributed by atoms with Crippen LogP contribution in [0.4, 0.5) is 5.69 Å². The van der Waals surface area contributed by atoms with Crippen molar-refractivity contribution in [2.24, 2.45) is 0 Å². The molecule has 0 aliphatic carbocycles. The second-order valence-electron chi connectivity index (χ2n) is 8.05. The number of amides is 1. The molecule has 2 N–H and O–H groups in total. The number of carbonyl (C=O) groups is 3. The molecule has 1 unspecified atom stereocenters. The Labute approximate surface area is 220 Å². The SMILES string of the molecule is C=CCOC(=O)C1=C(C)NC(SCC(=O)Nc2cccc(C(C)=O)c2)=C(C#N)C1c1ccccc1OC. The van der Waals surface area contributed by atoms with Gasteiger partial charge in [0, 0.05) is 22.5 Å². The fraction of sp³-hybridized carbons (Fsp3) is 0.214. The summed E-state index contributed by atoms with van der Waals surface area (Å²) < 4.78 is 10.8. The largest absolute Gasteiger partial charge is 0.496 e. The fourth-order valence-electron chi connectivity index (χ4n) is 3.88. The Kier molecular flexibility index (Phi) is 9.30. The molecule has 37 heavy (non-hydrogen) atoms. The lowest BCUT2D eigenvalue weighted by molar-refractivity contribution is -0.138. The number of hydrogen-bond donors (Lipinski definition) is 2. The molecule has 0 bridgehead atoms. The van der Waals surface area contributed by atoms with Crippen molar-refractivity contribution in [2.75, 3.05) is 24.8 Å². The number of hydrogen-bond acceptors (Lipinski definition) is 8. The van der Waals surface area contributed by atoms with E-state index in [9.17, 15) is 19.6 Å². The van der Waals surface area contributed by atoms with E-state index in [1.807, 2.05) is 0 Å². The number of benzene rings is 2. The molecule has 1 heterocycles. The summed E-state index contributed by atoms with van der Waals surface area (Å²) in [6.07, 6.45) is 1.47. The van der Waals surface area contributed by atoms with E-state index in [4.69, 9.17) is 9.47 Å². The molecule has 0 fully saturated rings. The summed E-state index contributed by atoms with van der Waals surface area (Å²) in [6.45, 7) is 6.77. The Hall–Kier alpha value is -4.29. The number of Topliss-reactive ketones (excluding diaryl/α,β-unsaturated/α-hetero) is 1. The third-order valence-corrected chi connectivity index (χ3v) is 6.57. The van der Waals surface area contributed by atoms with Gasteiger partial charge in [-0.2, -0.15) is 5.26 Å². The quantitative estimate of drug-likeness (QED) is 0.265. The molecular weight excluding hydrogens is 490 g/mol.